The Morgan fingerprint density at radius 3 is 2.00 bits per heavy atom. The van der Waals surface area contributed by atoms with Gasteiger partial charge in [0.2, 0.25) is 0 Å². The van der Waals surface area contributed by atoms with E-state index in [2.05, 4.69) is 4.72 Å². The summed E-state index contributed by atoms with van der Waals surface area (Å²) < 4.78 is 49.2. The van der Waals surface area contributed by atoms with Crippen molar-refractivity contribution in [1.29, 1.82) is 0 Å². The molecule has 0 radical (unpaired) electrons. The molecule has 0 fully saturated rings. The van der Waals surface area contributed by atoms with Gasteiger partial charge >= 0.3 is 0 Å². The summed E-state index contributed by atoms with van der Waals surface area (Å²) in [5.74, 6) is 1.87. The van der Waals surface area contributed by atoms with Crippen LogP contribution in [-0.4, -0.2) is 34.7 Å². The van der Waals surface area contributed by atoms with Gasteiger partial charge in [0.15, 0.2) is 16.4 Å². The number of hydrogen-bond donors (Lipinski definition) is 1. The first-order valence-corrected chi connectivity index (χ1v) is 10.6. The van der Waals surface area contributed by atoms with Gasteiger partial charge in [0.05, 0.1) is 38.0 Å². The van der Waals surface area contributed by atoms with Gasteiger partial charge in [0.25, 0.3) is 15.7 Å². The molecular weight excluding hydrogens is 440 g/mol. The second-order valence-electron chi connectivity index (χ2n) is 6.34. The Morgan fingerprint density at radius 2 is 1.41 bits per heavy atom. The van der Waals surface area contributed by atoms with Crippen molar-refractivity contribution in [3.05, 3.63) is 70.8 Å². The first-order chi connectivity index (χ1) is 15.3. The van der Waals surface area contributed by atoms with Crippen molar-refractivity contribution in [1.82, 2.24) is 0 Å². The zero-order chi connectivity index (χ0) is 23.3. The van der Waals surface area contributed by atoms with Gasteiger partial charge in [-0.15, -0.1) is 0 Å². The molecule has 0 aromatic heterocycles. The van der Waals surface area contributed by atoms with Crippen LogP contribution in [0.3, 0.4) is 0 Å². The van der Waals surface area contributed by atoms with E-state index in [4.69, 9.17) is 18.9 Å². The van der Waals surface area contributed by atoms with Crippen molar-refractivity contribution < 1.29 is 32.3 Å². The van der Waals surface area contributed by atoms with Crippen LogP contribution in [0.25, 0.3) is 0 Å². The quantitative estimate of drug-likeness (QED) is 0.372. The highest BCUT2D eigenvalue weighted by atomic mass is 32.2. The highest BCUT2D eigenvalue weighted by Gasteiger charge is 2.27. The van der Waals surface area contributed by atoms with Crippen molar-refractivity contribution in [2.24, 2.45) is 0 Å². The number of hydrogen-bond acceptors (Lipinski definition) is 8. The highest BCUT2D eigenvalue weighted by molar-refractivity contribution is 7.92. The van der Waals surface area contributed by atoms with Crippen molar-refractivity contribution >= 4 is 21.4 Å². The summed E-state index contributed by atoms with van der Waals surface area (Å²) in [6, 6.07) is 14.6. The summed E-state index contributed by atoms with van der Waals surface area (Å²) in [5, 5.41) is 11.4. The van der Waals surface area contributed by atoms with Crippen LogP contribution in [0.1, 0.15) is 0 Å². The minimum atomic E-state index is -4.29. The Bertz CT molecular complexity index is 1230. The maximum Gasteiger partial charge on any atom is 0.293 e. The van der Waals surface area contributed by atoms with Gasteiger partial charge in [-0.05, 0) is 48.5 Å². The molecule has 32 heavy (non-hydrogen) atoms. The molecule has 0 unspecified atom stereocenters. The summed E-state index contributed by atoms with van der Waals surface area (Å²) in [6.07, 6.45) is 0. The predicted molar refractivity (Wildman–Crippen MR) is 117 cm³/mol. The first kappa shape index (κ1) is 22.7. The van der Waals surface area contributed by atoms with Gasteiger partial charge in [-0.3, -0.25) is 14.8 Å². The summed E-state index contributed by atoms with van der Waals surface area (Å²) in [5.41, 5.74) is -0.487. The lowest BCUT2D eigenvalue weighted by Gasteiger charge is -2.14. The first-order valence-electron chi connectivity index (χ1n) is 9.12. The molecule has 0 aliphatic carbocycles. The van der Waals surface area contributed by atoms with E-state index in [0.717, 1.165) is 12.1 Å². The minimum Gasteiger partial charge on any atom is -0.497 e. The molecule has 0 amide bonds. The van der Waals surface area contributed by atoms with Crippen LogP contribution in [0, 0.1) is 10.1 Å². The molecular formula is C21H20N2O8S. The van der Waals surface area contributed by atoms with Gasteiger partial charge in [-0.2, -0.15) is 0 Å². The number of nitrogens with zero attached hydrogens (tertiary/aromatic N) is 1. The summed E-state index contributed by atoms with van der Waals surface area (Å²) >= 11 is 0. The zero-order valence-electron chi connectivity index (χ0n) is 17.4. The second kappa shape index (κ2) is 9.43. The van der Waals surface area contributed by atoms with Crippen molar-refractivity contribution in [3.63, 3.8) is 0 Å². The molecule has 0 saturated carbocycles. The molecule has 0 saturated heterocycles. The maximum absolute atomic E-state index is 12.9. The van der Waals surface area contributed by atoms with Crippen LogP contribution >= 0.6 is 0 Å². The molecule has 0 aliphatic heterocycles. The van der Waals surface area contributed by atoms with Gasteiger partial charge in [0, 0.05) is 6.07 Å². The molecule has 0 aliphatic rings. The van der Waals surface area contributed by atoms with Gasteiger partial charge in [-0.25, -0.2) is 8.42 Å². The van der Waals surface area contributed by atoms with Crippen LogP contribution in [0.2, 0.25) is 0 Å². The number of nitro groups is 1. The normalized spacial score (nSPS) is 10.8. The molecule has 0 bridgehead atoms. The van der Waals surface area contributed by atoms with E-state index in [9.17, 15) is 18.5 Å². The van der Waals surface area contributed by atoms with E-state index in [1.54, 1.807) is 31.4 Å². The number of nitrogens with one attached hydrogen (secondary N) is 1. The summed E-state index contributed by atoms with van der Waals surface area (Å²) in [4.78, 5) is 10.1. The van der Waals surface area contributed by atoms with E-state index in [1.807, 2.05) is 0 Å². The van der Waals surface area contributed by atoms with Crippen molar-refractivity contribution in [2.45, 2.75) is 4.90 Å². The van der Waals surface area contributed by atoms with Crippen molar-refractivity contribution in [2.75, 3.05) is 26.1 Å². The molecule has 10 nitrogen and oxygen atoms in total. The molecule has 0 spiro atoms. The van der Waals surface area contributed by atoms with E-state index in [0.29, 0.717) is 17.2 Å². The Hall–Kier alpha value is -3.99. The number of nitro benzene ring substituents is 1. The molecule has 3 aromatic rings. The van der Waals surface area contributed by atoms with Crippen LogP contribution in [0.15, 0.2) is 65.6 Å². The third kappa shape index (κ3) is 5.01. The van der Waals surface area contributed by atoms with Crippen LogP contribution in [-0.2, 0) is 10.0 Å². The number of rotatable bonds is 9. The molecule has 168 valence electrons. The molecule has 3 rings (SSSR count). The number of benzene rings is 3. The largest absolute Gasteiger partial charge is 0.497 e. The van der Waals surface area contributed by atoms with E-state index in [1.165, 1.54) is 38.5 Å². The monoisotopic (exact) mass is 460 g/mol. The number of ether oxygens (including phenoxy) is 4. The lowest BCUT2D eigenvalue weighted by atomic mass is 10.2. The topological polar surface area (TPSA) is 126 Å². The Morgan fingerprint density at radius 1 is 0.781 bits per heavy atom. The SMILES string of the molecule is COc1ccc(Oc2cc(NS(=O)(=O)c3ccc(OC)cc3[N+](=O)[O-])ccc2OC)cc1. The lowest BCUT2D eigenvalue weighted by molar-refractivity contribution is -0.387. The number of sulfonamides is 1. The summed E-state index contributed by atoms with van der Waals surface area (Å²) in [6.45, 7) is 0. The van der Waals surface area contributed by atoms with E-state index < -0.39 is 25.5 Å². The van der Waals surface area contributed by atoms with Crippen molar-refractivity contribution in [3.8, 4) is 28.7 Å². The van der Waals surface area contributed by atoms with Crippen LogP contribution < -0.4 is 23.7 Å². The smallest absolute Gasteiger partial charge is 0.293 e. The third-order valence-electron chi connectivity index (χ3n) is 4.36. The maximum atomic E-state index is 12.9. The molecule has 0 heterocycles. The zero-order valence-corrected chi connectivity index (χ0v) is 18.2. The third-order valence-corrected chi connectivity index (χ3v) is 5.78. The van der Waals surface area contributed by atoms with E-state index in [-0.39, 0.29) is 17.2 Å². The standard InChI is InChI=1S/C21H20N2O8S/c1-28-15-5-7-16(8-6-15)31-20-12-14(4-10-19(20)30-3)22-32(26,27)21-11-9-17(29-2)13-18(21)23(24)25/h4-13,22H,1-3H3. The number of methoxy groups -OCH3 is 3. The lowest BCUT2D eigenvalue weighted by Crippen LogP contribution is -2.15. The second-order valence-corrected chi connectivity index (χ2v) is 7.99. The molecule has 3 aromatic carbocycles. The van der Waals surface area contributed by atoms with Crippen LogP contribution in [0.5, 0.6) is 28.7 Å². The van der Waals surface area contributed by atoms with Crippen LogP contribution in [0.4, 0.5) is 11.4 Å². The number of anilines is 1. The fourth-order valence-electron chi connectivity index (χ4n) is 2.79. The minimum absolute atomic E-state index is 0.124. The summed E-state index contributed by atoms with van der Waals surface area (Å²) in [7, 11) is 0.0228. The Labute approximate surface area is 184 Å². The predicted octanol–water partition coefficient (Wildman–Crippen LogP) is 4.21. The van der Waals surface area contributed by atoms with Gasteiger partial charge < -0.3 is 18.9 Å². The Balaban J connectivity index is 1.93. The average Bonchev–Trinajstić information content (AvgIpc) is 2.79. The van der Waals surface area contributed by atoms with E-state index >= 15 is 0 Å². The fraction of sp³-hybridized carbons (Fsp3) is 0.143. The molecule has 11 heteroatoms. The van der Waals surface area contributed by atoms with Gasteiger partial charge in [-0.1, -0.05) is 0 Å². The average molecular weight is 460 g/mol. The highest BCUT2D eigenvalue weighted by Crippen LogP contribution is 2.36. The van der Waals surface area contributed by atoms with Gasteiger partial charge in [0.1, 0.15) is 17.2 Å². The Kier molecular flexibility index (Phi) is 6.69. The molecule has 1 N–H and O–H groups in total. The molecule has 0 atom stereocenters. The fourth-order valence-corrected chi connectivity index (χ4v) is 4.00.